The Labute approximate surface area is 113 Å². The van der Waals surface area contributed by atoms with Gasteiger partial charge >= 0.3 is 0 Å². The monoisotopic (exact) mass is 298 g/mol. The van der Waals surface area contributed by atoms with Gasteiger partial charge in [0, 0.05) is 29.0 Å². The summed E-state index contributed by atoms with van der Waals surface area (Å²) in [6, 6.07) is 6.66. The van der Waals surface area contributed by atoms with Crippen LogP contribution in [0.15, 0.2) is 22.7 Å². The molecule has 1 atom stereocenters. The second-order valence-electron chi connectivity index (χ2n) is 5.45. The van der Waals surface area contributed by atoms with Crippen molar-refractivity contribution in [2.45, 2.75) is 39.2 Å². The highest BCUT2D eigenvalue weighted by Crippen LogP contribution is 2.28. The molecule has 1 rings (SSSR count). The Morgan fingerprint density at radius 3 is 2.65 bits per heavy atom. The maximum absolute atomic E-state index is 5.74. The topological polar surface area (TPSA) is 38.0 Å². The van der Waals surface area contributed by atoms with E-state index in [1.165, 1.54) is 11.1 Å². The molecule has 0 radical (unpaired) electrons. The van der Waals surface area contributed by atoms with Gasteiger partial charge in [-0.25, -0.2) is 0 Å². The predicted octanol–water partition coefficient (Wildman–Crippen LogP) is 2.97. The van der Waals surface area contributed by atoms with E-state index in [1.807, 2.05) is 6.92 Å². The van der Waals surface area contributed by atoms with Gasteiger partial charge in [-0.15, -0.1) is 0 Å². The molecule has 0 heterocycles. The summed E-state index contributed by atoms with van der Waals surface area (Å²) in [5, 5.41) is 3.43. The molecule has 0 saturated carbocycles. The van der Waals surface area contributed by atoms with Crippen molar-refractivity contribution in [3.63, 3.8) is 0 Å². The Hall–Kier alpha value is -0.380. The summed E-state index contributed by atoms with van der Waals surface area (Å²) in [5.41, 5.74) is 8.57. The van der Waals surface area contributed by atoms with Crippen molar-refractivity contribution in [2.75, 3.05) is 13.1 Å². The molecule has 0 aliphatic rings. The van der Waals surface area contributed by atoms with E-state index in [-0.39, 0.29) is 11.5 Å². The summed E-state index contributed by atoms with van der Waals surface area (Å²) in [6.07, 6.45) is 0. The summed E-state index contributed by atoms with van der Waals surface area (Å²) in [5.74, 6) is 0. The normalized spacial score (nSPS) is 13.8. The average Bonchev–Trinajstić information content (AvgIpc) is 2.20. The third kappa shape index (κ3) is 4.41. The average molecular weight is 299 g/mol. The van der Waals surface area contributed by atoms with Crippen molar-refractivity contribution in [2.24, 2.45) is 5.73 Å². The first kappa shape index (κ1) is 14.7. The molecule has 0 aliphatic carbocycles. The highest BCUT2D eigenvalue weighted by molar-refractivity contribution is 9.10. The Bertz CT molecular complexity index is 372. The summed E-state index contributed by atoms with van der Waals surface area (Å²) >= 11 is 3.54. The lowest BCUT2D eigenvalue weighted by molar-refractivity contribution is 0.456. The lowest BCUT2D eigenvalue weighted by Crippen LogP contribution is -2.39. The standard InChI is InChI=1S/C14H23BrN2/c1-10-5-6-12(15)7-13(10)14(3,4)9-17-8-11(2)16/h5-7,11,17H,8-9,16H2,1-4H3. The van der Waals surface area contributed by atoms with Crippen LogP contribution in [0.4, 0.5) is 0 Å². The number of aryl methyl sites for hydroxylation is 1. The Morgan fingerprint density at radius 2 is 2.06 bits per heavy atom. The molecular weight excluding hydrogens is 276 g/mol. The van der Waals surface area contributed by atoms with Gasteiger partial charge in [0.2, 0.25) is 0 Å². The van der Waals surface area contributed by atoms with E-state index in [9.17, 15) is 0 Å². The second kappa shape index (κ2) is 5.98. The molecule has 3 N–H and O–H groups in total. The van der Waals surface area contributed by atoms with Gasteiger partial charge in [-0.2, -0.15) is 0 Å². The minimum atomic E-state index is 0.114. The van der Waals surface area contributed by atoms with E-state index in [1.54, 1.807) is 0 Å². The van der Waals surface area contributed by atoms with Crippen LogP contribution in [-0.2, 0) is 5.41 Å². The van der Waals surface area contributed by atoms with Gasteiger partial charge in [0.25, 0.3) is 0 Å². The van der Waals surface area contributed by atoms with Crippen LogP contribution < -0.4 is 11.1 Å². The number of rotatable bonds is 5. The molecule has 0 spiro atoms. The van der Waals surface area contributed by atoms with Crippen LogP contribution >= 0.6 is 15.9 Å². The number of halogens is 1. The van der Waals surface area contributed by atoms with E-state index in [2.05, 4.69) is 60.2 Å². The fourth-order valence-electron chi connectivity index (χ4n) is 2.03. The van der Waals surface area contributed by atoms with Crippen LogP contribution in [0.25, 0.3) is 0 Å². The van der Waals surface area contributed by atoms with Gasteiger partial charge in [0.15, 0.2) is 0 Å². The SMILES string of the molecule is Cc1ccc(Br)cc1C(C)(C)CNCC(C)N. The largest absolute Gasteiger partial charge is 0.327 e. The summed E-state index contributed by atoms with van der Waals surface area (Å²) in [6.45, 7) is 10.5. The summed E-state index contributed by atoms with van der Waals surface area (Å²) < 4.78 is 1.14. The molecular formula is C14H23BrN2. The third-order valence-corrected chi connectivity index (χ3v) is 3.46. The molecule has 0 fully saturated rings. The molecule has 0 saturated heterocycles. The molecule has 0 bridgehead atoms. The second-order valence-corrected chi connectivity index (χ2v) is 6.37. The molecule has 1 aromatic carbocycles. The minimum Gasteiger partial charge on any atom is -0.327 e. The first-order chi connectivity index (χ1) is 7.83. The Kier molecular flexibility index (Phi) is 5.17. The van der Waals surface area contributed by atoms with Gasteiger partial charge in [-0.1, -0.05) is 35.8 Å². The fraction of sp³-hybridized carbons (Fsp3) is 0.571. The Morgan fingerprint density at radius 1 is 1.41 bits per heavy atom. The fourth-order valence-corrected chi connectivity index (χ4v) is 2.39. The van der Waals surface area contributed by atoms with Gasteiger partial charge in [-0.05, 0) is 37.1 Å². The van der Waals surface area contributed by atoms with Crippen LogP contribution in [0.2, 0.25) is 0 Å². The van der Waals surface area contributed by atoms with Gasteiger partial charge in [0.1, 0.15) is 0 Å². The molecule has 96 valence electrons. The smallest absolute Gasteiger partial charge is 0.0178 e. The number of nitrogens with one attached hydrogen (secondary N) is 1. The Balaban J connectivity index is 2.77. The maximum atomic E-state index is 5.74. The number of nitrogens with two attached hydrogens (primary N) is 1. The van der Waals surface area contributed by atoms with Crippen molar-refractivity contribution in [1.82, 2.24) is 5.32 Å². The first-order valence-corrected chi connectivity index (χ1v) is 6.85. The number of hydrogen-bond donors (Lipinski definition) is 2. The minimum absolute atomic E-state index is 0.114. The zero-order chi connectivity index (χ0) is 13.1. The van der Waals surface area contributed by atoms with Gasteiger partial charge < -0.3 is 11.1 Å². The molecule has 17 heavy (non-hydrogen) atoms. The molecule has 0 amide bonds. The number of benzene rings is 1. The van der Waals surface area contributed by atoms with Crippen molar-refractivity contribution in [1.29, 1.82) is 0 Å². The van der Waals surface area contributed by atoms with Crippen LogP contribution in [0.3, 0.4) is 0 Å². The first-order valence-electron chi connectivity index (χ1n) is 6.06. The summed E-state index contributed by atoms with van der Waals surface area (Å²) in [7, 11) is 0. The molecule has 1 unspecified atom stereocenters. The van der Waals surface area contributed by atoms with E-state index in [0.29, 0.717) is 0 Å². The maximum Gasteiger partial charge on any atom is 0.0178 e. The van der Waals surface area contributed by atoms with Crippen LogP contribution in [0.1, 0.15) is 31.9 Å². The highest BCUT2D eigenvalue weighted by Gasteiger charge is 2.22. The van der Waals surface area contributed by atoms with Crippen molar-refractivity contribution in [3.05, 3.63) is 33.8 Å². The molecule has 0 aliphatic heterocycles. The number of hydrogen-bond acceptors (Lipinski definition) is 2. The quantitative estimate of drug-likeness (QED) is 0.877. The van der Waals surface area contributed by atoms with E-state index in [0.717, 1.165) is 17.6 Å². The molecule has 0 aromatic heterocycles. The highest BCUT2D eigenvalue weighted by atomic mass is 79.9. The zero-order valence-electron chi connectivity index (χ0n) is 11.2. The van der Waals surface area contributed by atoms with Gasteiger partial charge in [-0.3, -0.25) is 0 Å². The lowest BCUT2D eigenvalue weighted by Gasteiger charge is -2.28. The van der Waals surface area contributed by atoms with Gasteiger partial charge in [0.05, 0.1) is 0 Å². The van der Waals surface area contributed by atoms with Crippen LogP contribution in [0, 0.1) is 6.92 Å². The van der Waals surface area contributed by atoms with Crippen molar-refractivity contribution in [3.8, 4) is 0 Å². The van der Waals surface area contributed by atoms with E-state index < -0.39 is 0 Å². The molecule has 2 nitrogen and oxygen atoms in total. The van der Waals surface area contributed by atoms with Crippen LogP contribution in [0.5, 0.6) is 0 Å². The predicted molar refractivity (Wildman–Crippen MR) is 78.4 cm³/mol. The van der Waals surface area contributed by atoms with Crippen molar-refractivity contribution >= 4 is 15.9 Å². The van der Waals surface area contributed by atoms with Crippen molar-refractivity contribution < 1.29 is 0 Å². The molecule has 1 aromatic rings. The lowest BCUT2D eigenvalue weighted by atomic mass is 9.82. The molecule has 3 heteroatoms. The zero-order valence-corrected chi connectivity index (χ0v) is 12.8. The van der Waals surface area contributed by atoms with E-state index >= 15 is 0 Å². The third-order valence-electron chi connectivity index (χ3n) is 2.96. The van der Waals surface area contributed by atoms with Crippen LogP contribution in [-0.4, -0.2) is 19.1 Å². The summed E-state index contributed by atoms with van der Waals surface area (Å²) in [4.78, 5) is 0. The van der Waals surface area contributed by atoms with E-state index in [4.69, 9.17) is 5.73 Å².